The molecule has 0 heterocycles. The molecule has 3 aromatic rings. The normalized spacial score (nSPS) is 11.1. The van der Waals surface area contributed by atoms with Gasteiger partial charge in [0.2, 0.25) is 0 Å². The largest absolute Gasteiger partial charge is 1.00 e. The van der Waals surface area contributed by atoms with Crippen LogP contribution in [0.1, 0.15) is 1.43 Å². The topological polar surface area (TPSA) is 54.4 Å². The molecule has 3 aromatic carbocycles. The van der Waals surface area contributed by atoms with Crippen LogP contribution >= 0.6 is 7.92 Å². The molecule has 0 aromatic heterocycles. The van der Waals surface area contributed by atoms with Crippen molar-refractivity contribution >= 4 is 34.0 Å². The Balaban J connectivity index is 0.00000156. The van der Waals surface area contributed by atoms with Crippen LogP contribution in [-0.4, -0.2) is 13.0 Å². The molecule has 1 N–H and O–H groups in total. The molecule has 24 heavy (non-hydrogen) atoms. The summed E-state index contributed by atoms with van der Waals surface area (Å²) < 4.78 is 32.2. The number of hydrogen-bond acceptors (Lipinski definition) is 2. The molecule has 3 nitrogen and oxygen atoms in total. The zero-order valence-corrected chi connectivity index (χ0v) is 14.9. The third-order valence-electron chi connectivity index (χ3n) is 3.40. The van der Waals surface area contributed by atoms with E-state index in [1.165, 1.54) is 6.07 Å². The van der Waals surface area contributed by atoms with Gasteiger partial charge in [-0.25, -0.2) is 0 Å². The molecule has 0 saturated heterocycles. The van der Waals surface area contributed by atoms with Crippen LogP contribution in [0.5, 0.6) is 0 Å². The molecule has 0 unspecified atom stereocenters. The van der Waals surface area contributed by atoms with Crippen LogP contribution in [0.4, 0.5) is 0 Å². The van der Waals surface area contributed by atoms with E-state index in [-0.39, 0.29) is 25.2 Å². The van der Waals surface area contributed by atoms with E-state index >= 15 is 0 Å². The summed E-state index contributed by atoms with van der Waals surface area (Å²) in [5.74, 6) is 0. The molecule has 0 aliphatic rings. The molecule has 0 radical (unpaired) electrons. The van der Waals surface area contributed by atoms with Crippen molar-refractivity contribution in [2.24, 2.45) is 0 Å². The van der Waals surface area contributed by atoms with Crippen LogP contribution in [0.25, 0.3) is 0 Å². The van der Waals surface area contributed by atoms with Crippen molar-refractivity contribution in [1.29, 1.82) is 0 Å². The maximum absolute atomic E-state index is 11.4. The van der Waals surface area contributed by atoms with Gasteiger partial charge in [0.1, 0.15) is 0 Å². The maximum Gasteiger partial charge on any atom is 1.00 e. The Morgan fingerprint density at radius 2 is 1.17 bits per heavy atom. The van der Waals surface area contributed by atoms with Gasteiger partial charge in [-0.05, 0) is 36.0 Å². The minimum atomic E-state index is -4.21. The molecule has 0 amide bonds. The Bertz CT molecular complexity index is 866. The van der Waals surface area contributed by atoms with Crippen molar-refractivity contribution in [2.75, 3.05) is 0 Å². The molecule has 0 aliphatic heterocycles. The molecule has 3 rings (SSSR count). The molecule has 0 aliphatic carbocycles. The van der Waals surface area contributed by atoms with Crippen LogP contribution < -0.4 is 34.8 Å². The smallest absolute Gasteiger partial charge is 1.00 e. The molecular weight excluding hydrogens is 334 g/mol. The van der Waals surface area contributed by atoms with E-state index in [0.29, 0.717) is 0 Å². The molecule has 0 fully saturated rings. The monoisotopic (exact) mass is 350 g/mol. The minimum Gasteiger partial charge on any atom is -1.00 e. The molecule has 0 spiro atoms. The minimum absolute atomic E-state index is 0. The predicted molar refractivity (Wildman–Crippen MR) is 96.1 cm³/mol. The summed E-state index contributed by atoms with van der Waals surface area (Å²) in [4.78, 5) is -0.0747. The quantitative estimate of drug-likeness (QED) is 0.403. The summed E-state index contributed by atoms with van der Waals surface area (Å²) >= 11 is 0. The van der Waals surface area contributed by atoms with Crippen molar-refractivity contribution in [2.45, 2.75) is 4.90 Å². The van der Waals surface area contributed by atoms with Gasteiger partial charge in [0.25, 0.3) is 10.1 Å². The fraction of sp³-hybridized carbons (Fsp3) is 0. The predicted octanol–water partition coefficient (Wildman–Crippen LogP) is -0.192. The van der Waals surface area contributed by atoms with Gasteiger partial charge in [-0.3, -0.25) is 4.55 Å². The number of hydrogen-bond donors (Lipinski definition) is 1. The molecule has 118 valence electrons. The van der Waals surface area contributed by atoms with Gasteiger partial charge in [0.15, 0.2) is 0 Å². The standard InChI is InChI=1S/C18H15O3PS.Li.H/c19-23(20,21)18-13-7-12-17(14-18)22(15-8-3-1-4-9-15)16-10-5-2-6-11-16;;/h1-14H,(H,19,20,21);;/q;+1;-1. The first-order valence-electron chi connectivity index (χ1n) is 7.03. The van der Waals surface area contributed by atoms with Gasteiger partial charge < -0.3 is 1.43 Å². The van der Waals surface area contributed by atoms with Crippen molar-refractivity contribution in [3.8, 4) is 0 Å². The van der Waals surface area contributed by atoms with Gasteiger partial charge in [-0.1, -0.05) is 72.8 Å². The third-order valence-corrected chi connectivity index (χ3v) is 6.68. The molecule has 0 bridgehead atoms. The summed E-state index contributed by atoms with van der Waals surface area (Å²) in [5.41, 5.74) is 0. The van der Waals surface area contributed by atoms with Crippen molar-refractivity contribution in [3.05, 3.63) is 84.9 Å². The summed E-state index contributed by atoms with van der Waals surface area (Å²) in [6.45, 7) is 0. The Morgan fingerprint density at radius 1 is 0.708 bits per heavy atom. The van der Waals surface area contributed by atoms with Crippen molar-refractivity contribution in [3.63, 3.8) is 0 Å². The fourth-order valence-electron chi connectivity index (χ4n) is 2.38. The Morgan fingerprint density at radius 3 is 1.62 bits per heavy atom. The molecule has 6 heteroatoms. The van der Waals surface area contributed by atoms with Crippen LogP contribution in [0.15, 0.2) is 89.8 Å². The first-order valence-corrected chi connectivity index (χ1v) is 9.82. The van der Waals surface area contributed by atoms with Crippen LogP contribution in [0, 0.1) is 0 Å². The summed E-state index contributed by atoms with van der Waals surface area (Å²) in [6, 6.07) is 26.5. The van der Waals surface area contributed by atoms with E-state index in [9.17, 15) is 13.0 Å². The van der Waals surface area contributed by atoms with Gasteiger partial charge in [-0.15, -0.1) is 0 Å². The SMILES string of the molecule is O=S(=O)(O)c1cccc(P(c2ccccc2)c2ccccc2)c1.[H-].[Li+]. The zero-order chi connectivity index (χ0) is 16.3. The van der Waals surface area contributed by atoms with Crippen molar-refractivity contribution in [1.82, 2.24) is 0 Å². The van der Waals surface area contributed by atoms with E-state index in [4.69, 9.17) is 0 Å². The molecular formula is C18H16LiO3PS. The number of benzene rings is 3. The van der Waals surface area contributed by atoms with Gasteiger partial charge in [-0.2, -0.15) is 8.42 Å². The van der Waals surface area contributed by atoms with Crippen LogP contribution in [0.2, 0.25) is 0 Å². The third kappa shape index (κ3) is 4.36. The second-order valence-electron chi connectivity index (χ2n) is 4.98. The first-order chi connectivity index (χ1) is 11.1. The van der Waals surface area contributed by atoms with E-state index in [1.54, 1.807) is 12.1 Å². The van der Waals surface area contributed by atoms with Gasteiger partial charge in [0.05, 0.1) is 4.90 Å². The van der Waals surface area contributed by atoms with Crippen molar-refractivity contribution < 1.29 is 33.3 Å². The average Bonchev–Trinajstić information content (AvgIpc) is 2.57. The van der Waals surface area contributed by atoms with Crippen LogP contribution in [-0.2, 0) is 10.1 Å². The summed E-state index contributed by atoms with van der Waals surface area (Å²) in [7, 11) is -5.10. The van der Waals surface area contributed by atoms with Gasteiger partial charge >= 0.3 is 18.9 Å². The fourth-order valence-corrected chi connectivity index (χ4v) is 5.34. The summed E-state index contributed by atoms with van der Waals surface area (Å²) in [5, 5.41) is 3.13. The van der Waals surface area contributed by atoms with E-state index in [0.717, 1.165) is 15.9 Å². The van der Waals surface area contributed by atoms with Crippen LogP contribution in [0.3, 0.4) is 0 Å². The van der Waals surface area contributed by atoms with E-state index < -0.39 is 18.0 Å². The Kier molecular flexibility index (Phi) is 6.40. The van der Waals surface area contributed by atoms with Gasteiger partial charge in [0, 0.05) is 0 Å². The second-order valence-corrected chi connectivity index (χ2v) is 8.62. The average molecular weight is 350 g/mol. The zero-order valence-electron chi connectivity index (χ0n) is 14.2. The summed E-state index contributed by atoms with van der Waals surface area (Å²) in [6.07, 6.45) is 0. The number of rotatable bonds is 4. The second kappa shape index (κ2) is 8.12. The van der Waals surface area contributed by atoms with E-state index in [1.807, 2.05) is 66.7 Å². The first kappa shape index (κ1) is 18.9. The Hall–Kier alpha value is -1.40. The molecule has 0 atom stereocenters. The Labute approximate surface area is 156 Å². The maximum atomic E-state index is 11.4. The molecule has 0 saturated carbocycles. The van der Waals surface area contributed by atoms with E-state index in [2.05, 4.69) is 0 Å².